The Morgan fingerprint density at radius 2 is 1.57 bits per heavy atom. The van der Waals surface area contributed by atoms with Gasteiger partial charge in [0.05, 0.1) is 17.9 Å². The monoisotopic (exact) mass is 471 g/mol. The van der Waals surface area contributed by atoms with E-state index < -0.39 is 6.03 Å². The number of carbonyl (C=O) groups excluding carboxylic acids is 2. The van der Waals surface area contributed by atoms with Crippen molar-refractivity contribution in [2.24, 2.45) is 0 Å². The Morgan fingerprint density at radius 1 is 0.914 bits per heavy atom. The van der Waals surface area contributed by atoms with Crippen molar-refractivity contribution >= 4 is 11.9 Å². The van der Waals surface area contributed by atoms with Crippen LogP contribution in [0, 0.1) is 5.82 Å². The number of amides is 3. The van der Waals surface area contributed by atoms with E-state index in [9.17, 15) is 14.0 Å². The fraction of sp³-hybridized carbons (Fsp3) is 0.148. The van der Waals surface area contributed by atoms with Crippen LogP contribution in [0.1, 0.15) is 11.1 Å². The number of benzene rings is 3. The predicted molar refractivity (Wildman–Crippen MR) is 132 cm³/mol. The molecule has 0 aliphatic heterocycles. The SMILES string of the molecule is CN(Cc1cn(-c2ccccc2)nc1-c1ccccc1)C(=O)CNC(=O)NCc1ccc(F)cc1. The van der Waals surface area contributed by atoms with Gasteiger partial charge in [-0.3, -0.25) is 4.79 Å². The summed E-state index contributed by atoms with van der Waals surface area (Å²) in [6, 6.07) is 24.9. The second-order valence-corrected chi connectivity index (χ2v) is 8.06. The van der Waals surface area contributed by atoms with Gasteiger partial charge in [-0.05, 0) is 29.8 Å². The highest BCUT2D eigenvalue weighted by Gasteiger charge is 2.17. The van der Waals surface area contributed by atoms with E-state index in [1.54, 1.807) is 28.8 Å². The summed E-state index contributed by atoms with van der Waals surface area (Å²) < 4.78 is 14.8. The Kier molecular flexibility index (Phi) is 7.52. The summed E-state index contributed by atoms with van der Waals surface area (Å²) in [4.78, 5) is 26.3. The third kappa shape index (κ3) is 6.32. The molecule has 0 aliphatic carbocycles. The van der Waals surface area contributed by atoms with Gasteiger partial charge in [0.25, 0.3) is 0 Å². The normalized spacial score (nSPS) is 10.6. The van der Waals surface area contributed by atoms with Crippen molar-refractivity contribution in [2.45, 2.75) is 13.1 Å². The summed E-state index contributed by atoms with van der Waals surface area (Å²) in [6.07, 6.45) is 1.92. The third-order valence-electron chi connectivity index (χ3n) is 5.46. The van der Waals surface area contributed by atoms with Gasteiger partial charge in [0.15, 0.2) is 0 Å². The Morgan fingerprint density at radius 3 is 2.26 bits per heavy atom. The summed E-state index contributed by atoms with van der Waals surface area (Å²) in [7, 11) is 1.69. The number of urea groups is 1. The average molecular weight is 472 g/mol. The fourth-order valence-electron chi connectivity index (χ4n) is 3.56. The molecule has 1 aromatic heterocycles. The number of rotatable bonds is 8. The molecule has 8 heteroatoms. The molecule has 178 valence electrons. The minimum absolute atomic E-state index is 0.154. The summed E-state index contributed by atoms with van der Waals surface area (Å²) in [6.45, 7) is 0.406. The second-order valence-electron chi connectivity index (χ2n) is 8.06. The zero-order valence-corrected chi connectivity index (χ0v) is 19.3. The van der Waals surface area contributed by atoms with Crippen molar-refractivity contribution in [2.75, 3.05) is 13.6 Å². The molecule has 1 heterocycles. The Balaban J connectivity index is 1.38. The smallest absolute Gasteiger partial charge is 0.315 e. The van der Waals surface area contributed by atoms with E-state index in [0.717, 1.165) is 28.1 Å². The van der Waals surface area contributed by atoms with E-state index in [1.165, 1.54) is 12.1 Å². The molecule has 0 aliphatic rings. The van der Waals surface area contributed by atoms with Crippen molar-refractivity contribution in [1.29, 1.82) is 0 Å². The quantitative estimate of drug-likeness (QED) is 0.406. The summed E-state index contributed by atoms with van der Waals surface area (Å²) in [5.74, 6) is -0.579. The van der Waals surface area contributed by atoms with Gasteiger partial charge in [0, 0.05) is 37.5 Å². The molecule has 0 bridgehead atoms. The second kappa shape index (κ2) is 11.1. The first-order valence-corrected chi connectivity index (χ1v) is 11.2. The maximum Gasteiger partial charge on any atom is 0.315 e. The van der Waals surface area contributed by atoms with E-state index in [2.05, 4.69) is 10.6 Å². The van der Waals surface area contributed by atoms with Gasteiger partial charge in [0.1, 0.15) is 5.82 Å². The van der Waals surface area contributed by atoms with Crippen LogP contribution in [0.2, 0.25) is 0 Å². The predicted octanol–water partition coefficient (Wildman–Crippen LogP) is 4.14. The fourth-order valence-corrected chi connectivity index (χ4v) is 3.56. The van der Waals surface area contributed by atoms with Crippen LogP contribution in [0.5, 0.6) is 0 Å². The number of carbonyl (C=O) groups is 2. The number of para-hydroxylation sites is 1. The summed E-state index contributed by atoms with van der Waals surface area (Å²) >= 11 is 0. The number of aromatic nitrogens is 2. The van der Waals surface area contributed by atoms with Gasteiger partial charge in [-0.1, -0.05) is 60.7 Å². The molecule has 3 amide bonds. The van der Waals surface area contributed by atoms with E-state index in [0.29, 0.717) is 6.54 Å². The first-order valence-electron chi connectivity index (χ1n) is 11.2. The lowest BCUT2D eigenvalue weighted by Gasteiger charge is -2.17. The largest absolute Gasteiger partial charge is 0.340 e. The standard InChI is InChI=1S/C27H26FN5O2/c1-32(25(34)17-30-27(35)29-16-20-12-14-23(28)15-13-20)18-22-19-33(24-10-6-3-7-11-24)31-26(22)21-8-4-2-5-9-21/h2-15,19H,16-18H2,1H3,(H2,29,30,35). The Hall–Kier alpha value is -4.46. The minimum atomic E-state index is -0.474. The maximum atomic E-state index is 13.0. The van der Waals surface area contributed by atoms with Crippen LogP contribution >= 0.6 is 0 Å². The van der Waals surface area contributed by atoms with Crippen molar-refractivity contribution in [3.8, 4) is 16.9 Å². The lowest BCUT2D eigenvalue weighted by Crippen LogP contribution is -2.42. The van der Waals surface area contributed by atoms with E-state index in [1.807, 2.05) is 66.9 Å². The minimum Gasteiger partial charge on any atom is -0.340 e. The van der Waals surface area contributed by atoms with E-state index >= 15 is 0 Å². The lowest BCUT2D eigenvalue weighted by atomic mass is 10.1. The molecule has 35 heavy (non-hydrogen) atoms. The number of halogens is 1. The molecule has 4 aromatic rings. The molecule has 4 rings (SSSR count). The molecule has 0 spiro atoms. The number of hydrogen-bond donors (Lipinski definition) is 2. The molecular formula is C27H26FN5O2. The van der Waals surface area contributed by atoms with Gasteiger partial charge < -0.3 is 15.5 Å². The molecule has 0 atom stereocenters. The van der Waals surface area contributed by atoms with E-state index in [4.69, 9.17) is 5.10 Å². The van der Waals surface area contributed by atoms with Crippen molar-refractivity contribution in [3.05, 3.63) is 108 Å². The zero-order chi connectivity index (χ0) is 24.6. The molecule has 3 aromatic carbocycles. The number of nitrogens with zero attached hydrogens (tertiary/aromatic N) is 3. The number of nitrogens with one attached hydrogen (secondary N) is 2. The average Bonchev–Trinajstić information content (AvgIpc) is 3.31. The van der Waals surface area contributed by atoms with Crippen molar-refractivity contribution in [3.63, 3.8) is 0 Å². The molecule has 0 saturated heterocycles. The topological polar surface area (TPSA) is 79.3 Å². The summed E-state index contributed by atoms with van der Waals surface area (Å²) in [5.41, 5.74) is 4.31. The highest BCUT2D eigenvalue weighted by atomic mass is 19.1. The van der Waals surface area contributed by atoms with Gasteiger partial charge in [-0.2, -0.15) is 5.10 Å². The molecule has 2 N–H and O–H groups in total. The maximum absolute atomic E-state index is 13.0. The molecule has 0 unspecified atom stereocenters. The van der Waals surface area contributed by atoms with Crippen LogP contribution in [0.3, 0.4) is 0 Å². The molecule has 0 radical (unpaired) electrons. The van der Waals surface area contributed by atoms with Crippen LogP contribution in [0.25, 0.3) is 16.9 Å². The van der Waals surface area contributed by atoms with E-state index in [-0.39, 0.29) is 24.8 Å². The van der Waals surface area contributed by atoms with Crippen molar-refractivity contribution in [1.82, 2.24) is 25.3 Å². The van der Waals surface area contributed by atoms with Crippen molar-refractivity contribution < 1.29 is 14.0 Å². The van der Waals surface area contributed by atoms with Gasteiger partial charge in [-0.15, -0.1) is 0 Å². The molecular weight excluding hydrogens is 445 g/mol. The highest BCUT2D eigenvalue weighted by molar-refractivity contribution is 5.84. The van der Waals surface area contributed by atoms with Crippen LogP contribution in [0.15, 0.2) is 91.1 Å². The van der Waals surface area contributed by atoms with Gasteiger partial charge >= 0.3 is 6.03 Å². The first kappa shape index (κ1) is 23.7. The van der Waals surface area contributed by atoms with Crippen LogP contribution in [-0.2, 0) is 17.9 Å². The van der Waals surface area contributed by atoms with Gasteiger partial charge in [-0.25, -0.2) is 13.9 Å². The molecule has 0 saturated carbocycles. The number of likely N-dealkylation sites (N-methyl/N-ethyl adjacent to an activating group) is 1. The van der Waals surface area contributed by atoms with Crippen LogP contribution < -0.4 is 10.6 Å². The third-order valence-corrected chi connectivity index (χ3v) is 5.46. The summed E-state index contributed by atoms with van der Waals surface area (Å²) in [5, 5.41) is 10.0. The van der Waals surface area contributed by atoms with Crippen LogP contribution in [0.4, 0.5) is 9.18 Å². The van der Waals surface area contributed by atoms with Crippen LogP contribution in [-0.4, -0.2) is 40.2 Å². The molecule has 7 nitrogen and oxygen atoms in total. The number of hydrogen-bond acceptors (Lipinski definition) is 3. The van der Waals surface area contributed by atoms with Gasteiger partial charge in [0.2, 0.25) is 5.91 Å². The Labute approximate surface area is 203 Å². The highest BCUT2D eigenvalue weighted by Crippen LogP contribution is 2.24. The zero-order valence-electron chi connectivity index (χ0n) is 19.3. The first-order chi connectivity index (χ1) is 17.0. The molecule has 0 fully saturated rings. The lowest BCUT2D eigenvalue weighted by molar-refractivity contribution is -0.129. The Bertz CT molecular complexity index is 1270.